The predicted molar refractivity (Wildman–Crippen MR) is 107 cm³/mol. The highest BCUT2D eigenvalue weighted by Crippen LogP contribution is 2.26. The summed E-state index contributed by atoms with van der Waals surface area (Å²) < 4.78 is 37.6. The second kappa shape index (κ2) is 8.58. The Kier molecular flexibility index (Phi) is 5.48. The average Bonchev–Trinajstić information content (AvgIpc) is 3.54. The second-order valence-electron chi connectivity index (χ2n) is 7.88. The Morgan fingerprint density at radius 3 is 2.53 bits per heavy atom. The van der Waals surface area contributed by atoms with Gasteiger partial charge in [0.05, 0.1) is 11.5 Å². The molecule has 166 valence electrons. The highest BCUT2D eigenvalue weighted by atomic mass is 19.2. The lowest BCUT2D eigenvalue weighted by atomic mass is 10.1. The van der Waals surface area contributed by atoms with E-state index in [2.05, 4.69) is 30.8 Å². The van der Waals surface area contributed by atoms with Crippen LogP contribution in [0, 0.1) is 17.6 Å². The van der Waals surface area contributed by atoms with Crippen molar-refractivity contribution >= 4 is 11.9 Å². The Balaban J connectivity index is 1.17. The molecule has 1 unspecified atom stereocenters. The molecule has 1 aliphatic heterocycles. The minimum atomic E-state index is -0.839. The van der Waals surface area contributed by atoms with Crippen molar-refractivity contribution in [2.45, 2.75) is 31.9 Å². The number of hydrogen-bond acceptors (Lipinski definition) is 9. The van der Waals surface area contributed by atoms with Crippen molar-refractivity contribution in [1.82, 2.24) is 25.5 Å². The van der Waals surface area contributed by atoms with Crippen molar-refractivity contribution in [1.29, 1.82) is 0 Å². The SMILES string of the molecule is O=C(OCc1nnc(-c2cnc(NC3Cc4cc(F)c(F)cc4C3)nc2)o1)C1CCNC1. The summed E-state index contributed by atoms with van der Waals surface area (Å²) in [6, 6.07) is 2.42. The number of benzene rings is 1. The van der Waals surface area contributed by atoms with Crippen LogP contribution in [0.2, 0.25) is 0 Å². The fourth-order valence-corrected chi connectivity index (χ4v) is 3.95. The topological polar surface area (TPSA) is 115 Å². The first kappa shape index (κ1) is 20.4. The zero-order valence-electron chi connectivity index (χ0n) is 17.0. The number of esters is 1. The van der Waals surface area contributed by atoms with Gasteiger partial charge < -0.3 is 19.8 Å². The van der Waals surface area contributed by atoms with Crippen LogP contribution in [0.15, 0.2) is 28.9 Å². The van der Waals surface area contributed by atoms with Crippen LogP contribution in [0.1, 0.15) is 23.4 Å². The third-order valence-electron chi connectivity index (χ3n) is 5.61. The predicted octanol–water partition coefficient (Wildman–Crippen LogP) is 2.04. The van der Waals surface area contributed by atoms with Gasteiger partial charge in [0.25, 0.3) is 11.8 Å². The number of carbonyl (C=O) groups excluding carboxylic acids is 1. The molecule has 32 heavy (non-hydrogen) atoms. The van der Waals surface area contributed by atoms with Gasteiger partial charge in [-0.1, -0.05) is 0 Å². The molecule has 3 heterocycles. The van der Waals surface area contributed by atoms with Gasteiger partial charge in [-0.05, 0) is 49.1 Å². The van der Waals surface area contributed by atoms with Gasteiger partial charge in [-0.25, -0.2) is 18.7 Å². The van der Waals surface area contributed by atoms with Gasteiger partial charge in [0.1, 0.15) is 0 Å². The number of aromatic nitrogens is 4. The van der Waals surface area contributed by atoms with E-state index in [9.17, 15) is 13.6 Å². The van der Waals surface area contributed by atoms with Crippen molar-refractivity contribution in [3.8, 4) is 11.5 Å². The van der Waals surface area contributed by atoms with Crippen LogP contribution in [-0.4, -0.2) is 45.3 Å². The van der Waals surface area contributed by atoms with E-state index < -0.39 is 11.6 Å². The zero-order chi connectivity index (χ0) is 22.1. The van der Waals surface area contributed by atoms with Gasteiger partial charge >= 0.3 is 5.97 Å². The smallest absolute Gasteiger partial charge is 0.310 e. The third kappa shape index (κ3) is 4.28. The Hall–Kier alpha value is -3.47. The summed E-state index contributed by atoms with van der Waals surface area (Å²) in [5, 5.41) is 14.1. The quantitative estimate of drug-likeness (QED) is 0.553. The lowest BCUT2D eigenvalue weighted by Crippen LogP contribution is -2.20. The molecule has 5 rings (SSSR count). The molecule has 1 saturated heterocycles. The third-order valence-corrected chi connectivity index (χ3v) is 5.61. The Morgan fingerprint density at radius 2 is 1.88 bits per heavy atom. The standard InChI is InChI=1S/C21H20F2N6O3/c22-16-5-12-3-15(4-13(12)6-17(16)23)27-21-25-8-14(9-26-21)19-29-28-18(32-19)10-31-20(30)11-1-2-24-7-11/h5-6,8-9,11,15,24H,1-4,7,10H2,(H,25,26,27). The normalized spacial score (nSPS) is 18.0. The van der Waals surface area contributed by atoms with Crippen molar-refractivity contribution < 1.29 is 22.7 Å². The van der Waals surface area contributed by atoms with Crippen LogP contribution in [-0.2, 0) is 29.0 Å². The summed E-state index contributed by atoms with van der Waals surface area (Å²) in [4.78, 5) is 20.5. The maximum atomic E-state index is 13.4. The molecular formula is C21H20F2N6O3. The Bertz CT molecular complexity index is 1100. The van der Waals surface area contributed by atoms with E-state index in [0.717, 1.165) is 24.1 Å². The molecule has 1 fully saturated rings. The molecule has 1 atom stereocenters. The van der Waals surface area contributed by atoms with Crippen molar-refractivity contribution in [3.63, 3.8) is 0 Å². The number of nitrogens with one attached hydrogen (secondary N) is 2. The van der Waals surface area contributed by atoms with E-state index in [1.807, 2.05) is 0 Å². The fourth-order valence-electron chi connectivity index (χ4n) is 3.95. The van der Waals surface area contributed by atoms with E-state index in [0.29, 0.717) is 30.9 Å². The number of ether oxygens (including phenoxy) is 1. The Labute approximate surface area is 181 Å². The monoisotopic (exact) mass is 442 g/mol. The number of nitrogens with zero attached hydrogens (tertiary/aromatic N) is 4. The van der Waals surface area contributed by atoms with E-state index in [-0.39, 0.29) is 36.3 Å². The van der Waals surface area contributed by atoms with Gasteiger partial charge in [-0.3, -0.25) is 4.79 Å². The van der Waals surface area contributed by atoms with Gasteiger partial charge in [0.2, 0.25) is 5.95 Å². The highest BCUT2D eigenvalue weighted by molar-refractivity contribution is 5.73. The molecule has 9 nitrogen and oxygen atoms in total. The van der Waals surface area contributed by atoms with Crippen LogP contribution in [0.4, 0.5) is 14.7 Å². The molecule has 11 heteroatoms. The molecule has 0 radical (unpaired) electrons. The molecule has 2 aliphatic rings. The van der Waals surface area contributed by atoms with Crippen LogP contribution < -0.4 is 10.6 Å². The molecule has 2 aromatic heterocycles. The molecular weight excluding hydrogens is 422 g/mol. The molecule has 1 aliphatic carbocycles. The number of halogens is 2. The second-order valence-corrected chi connectivity index (χ2v) is 7.88. The number of carbonyl (C=O) groups is 1. The number of hydrogen-bond donors (Lipinski definition) is 2. The highest BCUT2D eigenvalue weighted by Gasteiger charge is 2.25. The number of rotatable bonds is 6. The summed E-state index contributed by atoms with van der Waals surface area (Å²) in [6.45, 7) is 1.33. The van der Waals surface area contributed by atoms with Crippen molar-refractivity contribution in [2.75, 3.05) is 18.4 Å². The maximum absolute atomic E-state index is 13.4. The number of anilines is 1. The van der Waals surface area contributed by atoms with E-state index >= 15 is 0 Å². The minimum Gasteiger partial charge on any atom is -0.455 e. The summed E-state index contributed by atoms with van der Waals surface area (Å²) in [7, 11) is 0. The van der Waals surface area contributed by atoms with Crippen LogP contribution in [0.5, 0.6) is 0 Å². The summed E-state index contributed by atoms with van der Waals surface area (Å²) >= 11 is 0. The zero-order valence-corrected chi connectivity index (χ0v) is 17.0. The molecule has 0 spiro atoms. The molecule has 3 aromatic rings. The molecule has 0 amide bonds. The van der Waals surface area contributed by atoms with Crippen LogP contribution in [0.25, 0.3) is 11.5 Å². The average molecular weight is 442 g/mol. The Morgan fingerprint density at radius 1 is 1.16 bits per heavy atom. The number of fused-ring (bicyclic) bond motifs is 1. The lowest BCUT2D eigenvalue weighted by molar-refractivity contribution is -0.149. The lowest BCUT2D eigenvalue weighted by Gasteiger charge is -2.11. The first-order valence-electron chi connectivity index (χ1n) is 10.3. The van der Waals surface area contributed by atoms with Crippen LogP contribution in [0.3, 0.4) is 0 Å². The van der Waals surface area contributed by atoms with Gasteiger partial charge in [-0.15, -0.1) is 10.2 Å². The van der Waals surface area contributed by atoms with E-state index in [1.165, 1.54) is 24.5 Å². The van der Waals surface area contributed by atoms with Crippen LogP contribution >= 0.6 is 0 Å². The minimum absolute atomic E-state index is 0.0585. The maximum Gasteiger partial charge on any atom is 0.310 e. The van der Waals surface area contributed by atoms with E-state index in [1.54, 1.807) is 0 Å². The fraction of sp³-hybridized carbons (Fsp3) is 0.381. The van der Waals surface area contributed by atoms with Gasteiger partial charge in [-0.2, -0.15) is 0 Å². The summed E-state index contributed by atoms with van der Waals surface area (Å²) in [6.07, 6.45) is 4.93. The largest absolute Gasteiger partial charge is 0.455 e. The summed E-state index contributed by atoms with van der Waals surface area (Å²) in [5.41, 5.74) is 2.07. The van der Waals surface area contributed by atoms with Gasteiger partial charge in [0, 0.05) is 25.0 Å². The first-order chi connectivity index (χ1) is 15.5. The summed E-state index contributed by atoms with van der Waals surface area (Å²) in [5.74, 6) is -1.33. The first-order valence-corrected chi connectivity index (χ1v) is 10.3. The molecule has 2 N–H and O–H groups in total. The van der Waals surface area contributed by atoms with E-state index in [4.69, 9.17) is 9.15 Å². The molecule has 0 bridgehead atoms. The molecule has 0 saturated carbocycles. The molecule has 1 aromatic carbocycles. The van der Waals surface area contributed by atoms with Crippen molar-refractivity contribution in [2.24, 2.45) is 5.92 Å². The van der Waals surface area contributed by atoms with Crippen molar-refractivity contribution in [3.05, 3.63) is 53.2 Å². The van der Waals surface area contributed by atoms with Gasteiger partial charge in [0.15, 0.2) is 18.2 Å².